The summed E-state index contributed by atoms with van der Waals surface area (Å²) in [5, 5.41) is 21.7. The second-order valence-electron chi connectivity index (χ2n) is 4.92. The number of nitro benzene ring substituents is 1. The van der Waals surface area contributed by atoms with E-state index in [1.165, 1.54) is 6.42 Å². The Morgan fingerprint density at radius 3 is 2.62 bits per heavy atom. The monoisotopic (exact) mass is 294 g/mol. The molecule has 1 aliphatic rings. The molecule has 0 spiro atoms. The zero-order chi connectivity index (χ0) is 15.2. The zero-order valence-electron chi connectivity index (χ0n) is 11.4. The van der Waals surface area contributed by atoms with Crippen molar-refractivity contribution in [2.45, 2.75) is 38.2 Å². The molecule has 2 rings (SSSR count). The average Bonchev–Trinajstić information content (AvgIpc) is 2.48. The van der Waals surface area contributed by atoms with Gasteiger partial charge in [-0.2, -0.15) is 0 Å². The van der Waals surface area contributed by atoms with Crippen molar-refractivity contribution in [1.82, 2.24) is 0 Å². The van der Waals surface area contributed by atoms with Crippen molar-refractivity contribution in [3.8, 4) is 5.75 Å². The minimum atomic E-state index is -1.41. The first kappa shape index (κ1) is 15.2. The van der Waals surface area contributed by atoms with Crippen LogP contribution in [0.4, 0.5) is 5.69 Å². The number of benzene rings is 1. The number of carboxylic acids is 1. The fourth-order valence-electron chi connectivity index (χ4n) is 2.33. The number of aromatic carboxylic acids is 1. The Morgan fingerprint density at radius 1 is 1.29 bits per heavy atom. The number of carbonyl (C=O) groups excluding carboxylic acids is 1. The Hall–Kier alpha value is -2.15. The topological polar surface area (TPSA) is 102 Å². The fourth-order valence-corrected chi connectivity index (χ4v) is 2.33. The normalized spacial score (nSPS) is 15.6. The number of nitro groups is 1. The molecule has 21 heavy (non-hydrogen) atoms. The summed E-state index contributed by atoms with van der Waals surface area (Å²) in [7, 11) is 0. The number of nitrogens with zero attached hydrogens (tertiary/aromatic N) is 1. The fraction of sp³-hybridized carbons (Fsp3) is 0.500. The molecule has 114 valence electrons. The maximum Gasteiger partial charge on any atom is 0.311 e. The lowest BCUT2D eigenvalue weighted by molar-refractivity contribution is -0.386. The van der Waals surface area contributed by atoms with E-state index in [4.69, 9.17) is 9.47 Å². The third-order valence-electron chi connectivity index (χ3n) is 3.46. The largest absolute Gasteiger partial charge is 0.545 e. The van der Waals surface area contributed by atoms with Crippen LogP contribution in [0.2, 0.25) is 0 Å². The smallest absolute Gasteiger partial charge is 0.311 e. The Morgan fingerprint density at radius 2 is 2.00 bits per heavy atom. The predicted octanol–water partition coefficient (Wildman–Crippen LogP) is 1.64. The third-order valence-corrected chi connectivity index (χ3v) is 3.46. The zero-order valence-corrected chi connectivity index (χ0v) is 11.4. The molecule has 0 unspecified atom stereocenters. The molecule has 1 aromatic rings. The van der Waals surface area contributed by atoms with E-state index in [-0.39, 0.29) is 29.9 Å². The summed E-state index contributed by atoms with van der Waals surface area (Å²) in [5.41, 5.74) is -0.472. The van der Waals surface area contributed by atoms with E-state index in [1.807, 2.05) is 0 Å². The molecule has 1 aromatic carbocycles. The van der Waals surface area contributed by atoms with Crippen molar-refractivity contribution in [2.75, 3.05) is 6.79 Å². The first-order chi connectivity index (χ1) is 10.1. The number of ether oxygens (including phenoxy) is 2. The first-order valence-corrected chi connectivity index (χ1v) is 6.82. The van der Waals surface area contributed by atoms with E-state index in [2.05, 4.69) is 0 Å². The molecule has 0 amide bonds. The molecular weight excluding hydrogens is 278 g/mol. The SMILES string of the molecule is O=C([O-])c1ccc([N+](=O)[O-])c(OCOC2CCCCC2)c1. The Kier molecular flexibility index (Phi) is 5.10. The highest BCUT2D eigenvalue weighted by Crippen LogP contribution is 2.28. The summed E-state index contributed by atoms with van der Waals surface area (Å²) in [4.78, 5) is 21.0. The van der Waals surface area contributed by atoms with Crippen LogP contribution in [0.3, 0.4) is 0 Å². The van der Waals surface area contributed by atoms with Gasteiger partial charge in [-0.05, 0) is 25.0 Å². The average molecular weight is 294 g/mol. The van der Waals surface area contributed by atoms with Crippen LogP contribution in [0.1, 0.15) is 42.5 Å². The van der Waals surface area contributed by atoms with Crippen LogP contribution in [0, 0.1) is 10.1 Å². The lowest BCUT2D eigenvalue weighted by atomic mass is 9.98. The molecule has 0 saturated heterocycles. The molecule has 0 aromatic heterocycles. The van der Waals surface area contributed by atoms with Crippen LogP contribution in [-0.4, -0.2) is 23.8 Å². The van der Waals surface area contributed by atoms with Gasteiger partial charge in [-0.15, -0.1) is 0 Å². The lowest BCUT2D eigenvalue weighted by Crippen LogP contribution is -2.22. The van der Waals surface area contributed by atoms with Gasteiger partial charge in [0.15, 0.2) is 6.79 Å². The predicted molar refractivity (Wildman–Crippen MR) is 70.9 cm³/mol. The molecule has 0 aliphatic heterocycles. The molecule has 0 heterocycles. The maximum absolute atomic E-state index is 10.9. The van der Waals surface area contributed by atoms with Crippen molar-refractivity contribution in [3.63, 3.8) is 0 Å². The van der Waals surface area contributed by atoms with Crippen molar-refractivity contribution in [3.05, 3.63) is 33.9 Å². The number of hydrogen-bond acceptors (Lipinski definition) is 6. The van der Waals surface area contributed by atoms with E-state index in [0.29, 0.717) is 0 Å². The second-order valence-corrected chi connectivity index (χ2v) is 4.92. The van der Waals surface area contributed by atoms with Gasteiger partial charge in [-0.25, -0.2) is 0 Å². The van der Waals surface area contributed by atoms with Gasteiger partial charge in [-0.1, -0.05) is 19.3 Å². The van der Waals surface area contributed by atoms with Gasteiger partial charge in [0.2, 0.25) is 5.75 Å². The molecule has 7 heteroatoms. The third kappa shape index (κ3) is 4.16. The van der Waals surface area contributed by atoms with Gasteiger partial charge >= 0.3 is 5.69 Å². The molecule has 0 N–H and O–H groups in total. The van der Waals surface area contributed by atoms with E-state index >= 15 is 0 Å². The molecule has 1 aliphatic carbocycles. The first-order valence-electron chi connectivity index (χ1n) is 6.82. The maximum atomic E-state index is 10.9. The summed E-state index contributed by atoms with van der Waals surface area (Å²) >= 11 is 0. The minimum absolute atomic E-state index is 0.0992. The summed E-state index contributed by atoms with van der Waals surface area (Å²) in [6.45, 7) is -0.137. The van der Waals surface area contributed by atoms with Gasteiger partial charge in [0, 0.05) is 11.6 Å². The summed E-state index contributed by atoms with van der Waals surface area (Å²) in [6.07, 6.45) is 5.40. The van der Waals surface area contributed by atoms with Crippen LogP contribution in [0.15, 0.2) is 18.2 Å². The van der Waals surface area contributed by atoms with Gasteiger partial charge in [0.05, 0.1) is 17.0 Å². The summed E-state index contributed by atoms with van der Waals surface area (Å²) in [5.74, 6) is -1.54. The minimum Gasteiger partial charge on any atom is -0.545 e. The Labute approximate surface area is 121 Å². The van der Waals surface area contributed by atoms with E-state index < -0.39 is 10.9 Å². The molecular formula is C14H16NO6-. The number of hydrogen-bond donors (Lipinski definition) is 0. The van der Waals surface area contributed by atoms with E-state index in [9.17, 15) is 20.0 Å². The highest BCUT2D eigenvalue weighted by Gasteiger charge is 2.18. The number of carbonyl (C=O) groups is 1. The van der Waals surface area contributed by atoms with E-state index in [1.54, 1.807) is 0 Å². The van der Waals surface area contributed by atoms with Gasteiger partial charge in [0.1, 0.15) is 0 Å². The van der Waals surface area contributed by atoms with Crippen molar-refractivity contribution in [2.24, 2.45) is 0 Å². The van der Waals surface area contributed by atoms with Gasteiger partial charge < -0.3 is 19.4 Å². The quantitative estimate of drug-likeness (QED) is 0.449. The Balaban J connectivity index is 2.00. The van der Waals surface area contributed by atoms with Gasteiger partial charge in [0.25, 0.3) is 0 Å². The Bertz CT molecular complexity index is 524. The van der Waals surface area contributed by atoms with Crippen LogP contribution >= 0.6 is 0 Å². The summed E-state index contributed by atoms with van der Waals surface area (Å²) < 4.78 is 10.8. The van der Waals surface area contributed by atoms with Crippen LogP contribution in [-0.2, 0) is 4.74 Å². The molecule has 0 bridgehead atoms. The standard InChI is InChI=1S/C14H17NO6/c16-14(17)10-6-7-12(15(18)19)13(8-10)21-9-20-11-4-2-1-3-5-11/h6-8,11H,1-5,9H2,(H,16,17)/p-1. The van der Waals surface area contributed by atoms with Crippen molar-refractivity contribution < 1.29 is 24.3 Å². The van der Waals surface area contributed by atoms with Crippen LogP contribution in [0.25, 0.3) is 0 Å². The number of rotatable bonds is 6. The molecule has 7 nitrogen and oxygen atoms in total. The molecule has 1 saturated carbocycles. The summed E-state index contributed by atoms with van der Waals surface area (Å²) in [6, 6.07) is 3.28. The van der Waals surface area contributed by atoms with Crippen LogP contribution < -0.4 is 9.84 Å². The molecule has 0 atom stereocenters. The highest BCUT2D eigenvalue weighted by molar-refractivity contribution is 5.87. The van der Waals surface area contributed by atoms with E-state index in [0.717, 1.165) is 43.9 Å². The highest BCUT2D eigenvalue weighted by atomic mass is 16.7. The van der Waals surface area contributed by atoms with Crippen LogP contribution in [0.5, 0.6) is 5.75 Å². The lowest BCUT2D eigenvalue weighted by Gasteiger charge is -2.21. The molecule has 0 radical (unpaired) electrons. The molecule has 1 fully saturated rings. The number of carboxylic acid groups (broad SMARTS) is 1. The second kappa shape index (κ2) is 7.03. The van der Waals surface area contributed by atoms with Crippen molar-refractivity contribution in [1.29, 1.82) is 0 Å². The van der Waals surface area contributed by atoms with Crippen molar-refractivity contribution >= 4 is 11.7 Å². The van der Waals surface area contributed by atoms with Gasteiger partial charge in [-0.3, -0.25) is 10.1 Å².